The summed E-state index contributed by atoms with van der Waals surface area (Å²) in [5.41, 5.74) is 3.05. The van der Waals surface area contributed by atoms with Crippen LogP contribution in [0.1, 0.15) is 11.1 Å². The molecular formula is C23H16N4O2. The molecule has 4 aromatic rings. The Hall–Kier alpha value is -4.24. The van der Waals surface area contributed by atoms with Gasteiger partial charge in [-0.2, -0.15) is 5.26 Å². The van der Waals surface area contributed by atoms with Crippen LogP contribution in [-0.2, 0) is 0 Å². The maximum atomic E-state index is 10.4. The summed E-state index contributed by atoms with van der Waals surface area (Å²) in [7, 11) is 0. The zero-order valence-corrected chi connectivity index (χ0v) is 15.5. The highest BCUT2D eigenvalue weighted by atomic mass is 16.3. The summed E-state index contributed by atoms with van der Waals surface area (Å²) in [4.78, 5) is 13.5. The Bertz CT molecular complexity index is 1240. The molecule has 140 valence electrons. The normalized spacial score (nSPS) is 10.5. The fourth-order valence-corrected chi connectivity index (χ4v) is 2.93. The highest BCUT2D eigenvalue weighted by Gasteiger charge is 2.16. The van der Waals surface area contributed by atoms with Crippen LogP contribution in [0.25, 0.3) is 34.2 Å². The number of nitriles is 1. The third kappa shape index (κ3) is 3.62. The van der Waals surface area contributed by atoms with Gasteiger partial charge in [0.1, 0.15) is 11.5 Å². The number of aromatic nitrogens is 3. The van der Waals surface area contributed by atoms with Crippen LogP contribution in [0, 0.1) is 18.3 Å². The van der Waals surface area contributed by atoms with Crippen molar-refractivity contribution in [3.05, 3.63) is 77.9 Å². The summed E-state index contributed by atoms with van der Waals surface area (Å²) < 4.78 is 0. The predicted molar refractivity (Wildman–Crippen MR) is 109 cm³/mol. The number of rotatable bonds is 3. The first kappa shape index (κ1) is 18.1. The van der Waals surface area contributed by atoms with E-state index in [4.69, 9.17) is 5.26 Å². The van der Waals surface area contributed by atoms with Crippen molar-refractivity contribution in [2.24, 2.45) is 0 Å². The van der Waals surface area contributed by atoms with Crippen molar-refractivity contribution in [1.29, 1.82) is 5.26 Å². The minimum atomic E-state index is 0.0450. The molecule has 0 aliphatic heterocycles. The van der Waals surface area contributed by atoms with E-state index >= 15 is 0 Å². The summed E-state index contributed by atoms with van der Waals surface area (Å²) in [6.45, 7) is 1.88. The van der Waals surface area contributed by atoms with E-state index in [1.54, 1.807) is 60.7 Å². The Morgan fingerprint density at radius 1 is 0.724 bits per heavy atom. The minimum absolute atomic E-state index is 0.0450. The second kappa shape index (κ2) is 7.41. The van der Waals surface area contributed by atoms with Gasteiger partial charge in [-0.1, -0.05) is 18.2 Å². The van der Waals surface area contributed by atoms with E-state index in [2.05, 4.69) is 21.0 Å². The van der Waals surface area contributed by atoms with Gasteiger partial charge in [0.05, 0.1) is 22.8 Å². The lowest BCUT2D eigenvalue weighted by Crippen LogP contribution is -2.00. The fourth-order valence-electron chi connectivity index (χ4n) is 2.93. The molecule has 0 spiro atoms. The van der Waals surface area contributed by atoms with Crippen molar-refractivity contribution >= 4 is 0 Å². The van der Waals surface area contributed by atoms with Gasteiger partial charge in [0.15, 0.2) is 17.5 Å². The summed E-state index contributed by atoms with van der Waals surface area (Å²) >= 11 is 0. The molecule has 6 nitrogen and oxygen atoms in total. The van der Waals surface area contributed by atoms with Crippen LogP contribution >= 0.6 is 0 Å². The highest BCUT2D eigenvalue weighted by molar-refractivity contribution is 5.72. The second-order valence-electron chi connectivity index (χ2n) is 6.53. The van der Waals surface area contributed by atoms with Crippen LogP contribution in [0.15, 0.2) is 66.7 Å². The molecule has 0 bridgehead atoms. The number of hydrogen-bond acceptors (Lipinski definition) is 6. The number of benzene rings is 3. The Morgan fingerprint density at radius 2 is 1.34 bits per heavy atom. The van der Waals surface area contributed by atoms with Gasteiger partial charge in [-0.05, 0) is 61.0 Å². The smallest absolute Gasteiger partial charge is 0.167 e. The van der Waals surface area contributed by atoms with Crippen LogP contribution in [-0.4, -0.2) is 25.2 Å². The number of aromatic hydroxyl groups is 2. The molecule has 4 rings (SSSR count). The number of para-hydroxylation sites is 1. The van der Waals surface area contributed by atoms with Crippen LogP contribution in [0.4, 0.5) is 0 Å². The summed E-state index contributed by atoms with van der Waals surface area (Å²) in [5.74, 6) is 1.05. The second-order valence-corrected chi connectivity index (χ2v) is 6.53. The maximum Gasteiger partial charge on any atom is 0.167 e. The van der Waals surface area contributed by atoms with Crippen molar-refractivity contribution in [3.8, 4) is 51.7 Å². The van der Waals surface area contributed by atoms with Crippen molar-refractivity contribution < 1.29 is 10.2 Å². The molecule has 0 unspecified atom stereocenters. The molecule has 29 heavy (non-hydrogen) atoms. The summed E-state index contributed by atoms with van der Waals surface area (Å²) in [6.07, 6.45) is 0. The lowest BCUT2D eigenvalue weighted by Gasteiger charge is -2.10. The first-order valence-electron chi connectivity index (χ1n) is 8.90. The Balaban J connectivity index is 1.94. The number of phenolic OH excluding ortho intramolecular Hbond substituents is 2. The number of nitrogens with zero attached hydrogens (tertiary/aromatic N) is 4. The molecule has 0 aliphatic carbocycles. The molecule has 0 fully saturated rings. The van der Waals surface area contributed by atoms with Crippen LogP contribution < -0.4 is 0 Å². The molecule has 6 heteroatoms. The quantitative estimate of drug-likeness (QED) is 0.544. The van der Waals surface area contributed by atoms with Gasteiger partial charge >= 0.3 is 0 Å². The Morgan fingerprint density at radius 3 is 1.97 bits per heavy atom. The maximum absolute atomic E-state index is 10.4. The third-order valence-electron chi connectivity index (χ3n) is 4.45. The Labute approximate surface area is 167 Å². The van der Waals surface area contributed by atoms with Crippen LogP contribution in [0.3, 0.4) is 0 Å². The standard InChI is InChI=1S/C23H16N4O2/c1-14-6-11-18(20(29)12-14)23-26-21(16-9-7-15(13-24)8-10-16)25-22(27-23)17-4-2-3-5-19(17)28/h2-12,28-29H,1H3. The van der Waals surface area contributed by atoms with Crippen molar-refractivity contribution in [1.82, 2.24) is 15.0 Å². The van der Waals surface area contributed by atoms with Crippen molar-refractivity contribution in [3.63, 3.8) is 0 Å². The fraction of sp³-hybridized carbons (Fsp3) is 0.0435. The molecular weight excluding hydrogens is 364 g/mol. The lowest BCUT2D eigenvalue weighted by molar-refractivity contribution is 0.476. The minimum Gasteiger partial charge on any atom is -0.507 e. The molecule has 0 atom stereocenters. The molecule has 0 saturated heterocycles. The monoisotopic (exact) mass is 380 g/mol. The zero-order chi connectivity index (χ0) is 20.4. The number of aryl methyl sites for hydroxylation is 1. The van der Waals surface area contributed by atoms with E-state index in [0.717, 1.165) is 5.56 Å². The summed E-state index contributed by atoms with van der Waals surface area (Å²) in [6, 6.07) is 21.0. The van der Waals surface area contributed by atoms with Gasteiger partial charge in [0, 0.05) is 5.56 Å². The number of phenols is 2. The van der Waals surface area contributed by atoms with E-state index in [1.165, 1.54) is 0 Å². The highest BCUT2D eigenvalue weighted by Crippen LogP contribution is 2.32. The first-order valence-corrected chi connectivity index (χ1v) is 8.90. The Kier molecular flexibility index (Phi) is 4.63. The van der Waals surface area contributed by atoms with Gasteiger partial charge < -0.3 is 10.2 Å². The summed E-state index contributed by atoms with van der Waals surface area (Å²) in [5, 5.41) is 29.7. The van der Waals surface area contributed by atoms with Gasteiger partial charge in [-0.25, -0.2) is 15.0 Å². The topological polar surface area (TPSA) is 103 Å². The molecule has 0 saturated carbocycles. The number of hydrogen-bond donors (Lipinski definition) is 2. The van der Waals surface area contributed by atoms with E-state index in [-0.39, 0.29) is 23.1 Å². The van der Waals surface area contributed by atoms with Crippen LogP contribution in [0.2, 0.25) is 0 Å². The molecule has 1 aromatic heterocycles. The van der Waals surface area contributed by atoms with E-state index in [9.17, 15) is 10.2 Å². The molecule has 0 aliphatic rings. The molecule has 0 amide bonds. The average Bonchev–Trinajstić information content (AvgIpc) is 2.74. The van der Waals surface area contributed by atoms with Gasteiger partial charge in [-0.15, -0.1) is 0 Å². The molecule has 2 N–H and O–H groups in total. The van der Waals surface area contributed by atoms with Crippen molar-refractivity contribution in [2.45, 2.75) is 6.92 Å². The largest absolute Gasteiger partial charge is 0.507 e. The molecule has 0 radical (unpaired) electrons. The van der Waals surface area contributed by atoms with Gasteiger partial charge in [0.25, 0.3) is 0 Å². The van der Waals surface area contributed by atoms with Gasteiger partial charge in [0.2, 0.25) is 0 Å². The van der Waals surface area contributed by atoms with E-state index < -0.39 is 0 Å². The van der Waals surface area contributed by atoms with Crippen LogP contribution in [0.5, 0.6) is 11.5 Å². The van der Waals surface area contributed by atoms with E-state index in [0.29, 0.717) is 28.1 Å². The predicted octanol–water partition coefficient (Wildman–Crippen LogP) is 4.46. The first-order chi connectivity index (χ1) is 14.0. The van der Waals surface area contributed by atoms with Crippen molar-refractivity contribution in [2.75, 3.05) is 0 Å². The SMILES string of the molecule is Cc1ccc(-c2nc(-c3ccc(C#N)cc3)nc(-c3ccccc3O)n2)c(O)c1. The third-order valence-corrected chi connectivity index (χ3v) is 4.45. The average molecular weight is 380 g/mol. The molecule has 3 aromatic carbocycles. The van der Waals surface area contributed by atoms with E-state index in [1.807, 2.05) is 13.0 Å². The lowest BCUT2D eigenvalue weighted by atomic mass is 10.1. The molecule has 1 heterocycles. The van der Waals surface area contributed by atoms with Gasteiger partial charge in [-0.3, -0.25) is 0 Å². The zero-order valence-electron chi connectivity index (χ0n) is 15.5.